The van der Waals surface area contributed by atoms with Gasteiger partial charge in [-0.15, -0.1) is 11.3 Å². The first-order valence-corrected chi connectivity index (χ1v) is 21.5. The van der Waals surface area contributed by atoms with E-state index in [1.807, 2.05) is 66.9 Å². The lowest BCUT2D eigenvalue weighted by molar-refractivity contribution is -0.137. The average molecular weight is 838 g/mol. The maximum Gasteiger partial charge on any atom is 0.357 e. The summed E-state index contributed by atoms with van der Waals surface area (Å²) in [4.78, 5) is 54.0. The van der Waals surface area contributed by atoms with Crippen LogP contribution in [0.4, 0.5) is 10.3 Å². The summed E-state index contributed by atoms with van der Waals surface area (Å²) in [5.74, 6) is -0.858. The van der Waals surface area contributed by atoms with Gasteiger partial charge in [-0.05, 0) is 97.7 Å². The number of carbonyl (C=O) groups excluding carboxylic acids is 2. The van der Waals surface area contributed by atoms with Crippen LogP contribution >= 0.6 is 34.3 Å². The van der Waals surface area contributed by atoms with Gasteiger partial charge in [0.15, 0.2) is 16.0 Å². The molecule has 0 saturated heterocycles. The summed E-state index contributed by atoms with van der Waals surface area (Å²) in [7, 11) is 1.36. The maximum absolute atomic E-state index is 13.6. The number of esters is 1. The molecule has 1 aliphatic heterocycles. The molecule has 2 N–H and O–H groups in total. The predicted molar refractivity (Wildman–Crippen MR) is 230 cm³/mol. The summed E-state index contributed by atoms with van der Waals surface area (Å²) in [6, 6.07) is 23.3. The topological polar surface area (TPSA) is 144 Å². The number of aryl methyl sites for hydroxylation is 2. The van der Waals surface area contributed by atoms with Gasteiger partial charge >= 0.3 is 11.9 Å². The first-order chi connectivity index (χ1) is 28.2. The Labute approximate surface area is 350 Å². The normalized spacial score (nSPS) is 12.3. The number of ether oxygens (including phenoxy) is 2. The van der Waals surface area contributed by atoms with Gasteiger partial charge in [-0.1, -0.05) is 72.5 Å². The standard InChI is InChI=1S/C44H44ClN5O6S2/c1-55-42(54)40-38(16-10-24-56-36-21-19-30(25-33(36)45)34-20-18-28(26-46-34)11-5-3-2-4-6-17-39(51)52)58-44(48-40)50-23-22-29-12-9-13-31(32(29)27-50)41(53)49-43-47-35-14-7-8-15-37(35)57-43/h7-9,12-15,18-21,25-26H,2-6,10-11,16-17,22-24,27H2,1H3,(H,51,52)(H,47,49,53). The minimum atomic E-state index is -0.729. The Hall–Kier alpha value is -5.37. The molecule has 0 aliphatic carbocycles. The summed E-state index contributed by atoms with van der Waals surface area (Å²) >= 11 is 9.56. The number of carboxylic acid groups (broad SMARTS) is 1. The number of carboxylic acids is 1. The number of hydrogen-bond acceptors (Lipinski definition) is 11. The Kier molecular flexibility index (Phi) is 13.6. The molecule has 7 rings (SSSR count). The number of fused-ring (bicyclic) bond motifs is 2. The molecule has 3 aromatic carbocycles. The second-order valence-corrected chi connectivity index (χ2v) is 16.6. The summed E-state index contributed by atoms with van der Waals surface area (Å²) in [6.45, 7) is 1.55. The summed E-state index contributed by atoms with van der Waals surface area (Å²) in [5, 5.41) is 13.5. The highest BCUT2D eigenvalue weighted by Gasteiger charge is 2.27. The van der Waals surface area contributed by atoms with E-state index in [1.54, 1.807) is 0 Å². The van der Waals surface area contributed by atoms with Crippen LogP contribution in [0.2, 0.25) is 5.02 Å². The number of thiazole rings is 2. The van der Waals surface area contributed by atoms with Crippen molar-refractivity contribution in [1.29, 1.82) is 0 Å². The van der Waals surface area contributed by atoms with Crippen molar-refractivity contribution in [3.8, 4) is 17.0 Å². The smallest absolute Gasteiger partial charge is 0.357 e. The lowest BCUT2D eigenvalue weighted by Crippen LogP contribution is -2.32. The fourth-order valence-corrected chi connectivity index (χ4v) is 9.23. The number of amides is 1. The van der Waals surface area contributed by atoms with E-state index in [9.17, 15) is 14.4 Å². The Morgan fingerprint density at radius 2 is 1.76 bits per heavy atom. The maximum atomic E-state index is 13.6. The van der Waals surface area contributed by atoms with Crippen LogP contribution in [0.1, 0.15) is 87.4 Å². The molecule has 11 nitrogen and oxygen atoms in total. The van der Waals surface area contributed by atoms with Crippen LogP contribution in [0.15, 0.2) is 79.0 Å². The van der Waals surface area contributed by atoms with Crippen molar-refractivity contribution < 1.29 is 29.0 Å². The highest BCUT2D eigenvalue weighted by atomic mass is 35.5. The number of halogens is 1. The number of nitrogens with zero attached hydrogens (tertiary/aromatic N) is 4. The van der Waals surface area contributed by atoms with Gasteiger partial charge in [-0.25, -0.2) is 14.8 Å². The fourth-order valence-electron chi connectivity index (χ4n) is 7.02. The van der Waals surface area contributed by atoms with E-state index in [2.05, 4.69) is 32.3 Å². The first kappa shape index (κ1) is 40.8. The molecule has 0 atom stereocenters. The second kappa shape index (κ2) is 19.4. The highest BCUT2D eigenvalue weighted by Crippen LogP contribution is 2.35. The minimum absolute atomic E-state index is 0.208. The number of pyridine rings is 1. The van der Waals surface area contributed by atoms with Gasteiger partial charge in [-0.2, -0.15) is 0 Å². The van der Waals surface area contributed by atoms with Crippen molar-refractivity contribution in [2.75, 3.05) is 30.5 Å². The van der Waals surface area contributed by atoms with E-state index in [4.69, 9.17) is 31.2 Å². The van der Waals surface area contributed by atoms with Crippen LogP contribution in [0.25, 0.3) is 21.5 Å². The number of nitrogens with one attached hydrogen (secondary N) is 1. The van der Waals surface area contributed by atoms with Gasteiger partial charge in [0.25, 0.3) is 5.91 Å². The largest absolute Gasteiger partial charge is 0.492 e. The van der Waals surface area contributed by atoms with Crippen molar-refractivity contribution >= 4 is 72.6 Å². The molecule has 0 saturated carbocycles. The number of para-hydroxylation sites is 1. The lowest BCUT2D eigenvalue weighted by Gasteiger charge is -2.29. The van der Waals surface area contributed by atoms with Gasteiger partial charge in [0, 0.05) is 41.7 Å². The van der Waals surface area contributed by atoms with Crippen LogP contribution in [-0.4, -0.2) is 58.2 Å². The van der Waals surface area contributed by atoms with Crippen molar-refractivity contribution in [2.24, 2.45) is 0 Å². The van der Waals surface area contributed by atoms with Crippen LogP contribution < -0.4 is 15.0 Å². The molecule has 0 fully saturated rings. The van der Waals surface area contributed by atoms with Gasteiger partial charge in [0.2, 0.25) is 0 Å². The molecule has 0 spiro atoms. The van der Waals surface area contributed by atoms with Gasteiger partial charge in [0.1, 0.15) is 5.75 Å². The molecule has 14 heteroatoms. The molecule has 58 heavy (non-hydrogen) atoms. The van der Waals surface area contributed by atoms with Crippen LogP contribution in [-0.2, 0) is 35.3 Å². The van der Waals surface area contributed by atoms with E-state index in [0.717, 1.165) is 82.4 Å². The molecular formula is C44H44ClN5O6S2. The Morgan fingerprint density at radius 3 is 2.55 bits per heavy atom. The van der Waals surface area contributed by atoms with E-state index < -0.39 is 11.9 Å². The summed E-state index contributed by atoms with van der Waals surface area (Å²) in [5.41, 5.74) is 6.66. The highest BCUT2D eigenvalue weighted by molar-refractivity contribution is 7.22. The second-order valence-electron chi connectivity index (χ2n) is 14.1. The van der Waals surface area contributed by atoms with Gasteiger partial charge in [-0.3, -0.25) is 19.9 Å². The van der Waals surface area contributed by atoms with Crippen molar-refractivity contribution in [3.05, 3.63) is 117 Å². The number of unbranched alkanes of at least 4 members (excludes halogenated alkanes) is 4. The zero-order valence-corrected chi connectivity index (χ0v) is 34.6. The predicted octanol–water partition coefficient (Wildman–Crippen LogP) is 10.0. The molecule has 4 heterocycles. The molecular weight excluding hydrogens is 794 g/mol. The van der Waals surface area contributed by atoms with E-state index in [-0.39, 0.29) is 12.3 Å². The number of aromatic nitrogens is 3. The molecule has 3 aromatic heterocycles. The summed E-state index contributed by atoms with van der Waals surface area (Å²) < 4.78 is 12.2. The zero-order chi connectivity index (χ0) is 40.4. The quantitative estimate of drug-likeness (QED) is 0.0634. The molecule has 1 amide bonds. The number of benzene rings is 3. The first-order valence-electron chi connectivity index (χ1n) is 19.5. The number of carbonyl (C=O) groups is 3. The number of hydrogen-bond donors (Lipinski definition) is 2. The Morgan fingerprint density at radius 1 is 0.914 bits per heavy atom. The third kappa shape index (κ3) is 10.2. The van der Waals surface area contributed by atoms with Crippen LogP contribution in [0, 0.1) is 0 Å². The number of anilines is 2. The average Bonchev–Trinajstić information content (AvgIpc) is 3.86. The molecule has 0 unspecified atom stereocenters. The lowest BCUT2D eigenvalue weighted by atomic mass is 9.94. The number of methoxy groups -OCH3 is 1. The van der Waals surface area contributed by atoms with E-state index in [1.165, 1.54) is 35.3 Å². The van der Waals surface area contributed by atoms with Gasteiger partial charge < -0.3 is 19.5 Å². The summed E-state index contributed by atoms with van der Waals surface area (Å²) in [6.07, 6.45) is 9.82. The minimum Gasteiger partial charge on any atom is -0.492 e. The van der Waals surface area contributed by atoms with Crippen molar-refractivity contribution in [2.45, 2.75) is 70.8 Å². The van der Waals surface area contributed by atoms with Crippen LogP contribution in [0.5, 0.6) is 5.75 Å². The SMILES string of the molecule is COC(=O)c1nc(N2CCc3cccc(C(=O)Nc4nc5ccccc5s4)c3C2)sc1CCCOc1ccc(-c2ccc(CCCCCCCC(=O)O)cn2)cc1Cl. The number of aliphatic carboxylic acids is 1. The van der Waals surface area contributed by atoms with Crippen molar-refractivity contribution in [1.82, 2.24) is 15.0 Å². The van der Waals surface area contributed by atoms with E-state index in [0.29, 0.717) is 64.8 Å². The third-order valence-electron chi connectivity index (χ3n) is 10.1. The molecule has 6 aromatic rings. The van der Waals surface area contributed by atoms with Crippen molar-refractivity contribution in [3.63, 3.8) is 0 Å². The Bertz CT molecular complexity index is 2360. The molecule has 1 aliphatic rings. The monoisotopic (exact) mass is 837 g/mol. The molecule has 300 valence electrons. The zero-order valence-electron chi connectivity index (χ0n) is 32.2. The molecule has 0 radical (unpaired) electrons. The Balaban J connectivity index is 0.930. The van der Waals surface area contributed by atoms with Crippen LogP contribution in [0.3, 0.4) is 0 Å². The fraction of sp³-hybridized carbons (Fsp3) is 0.318. The third-order valence-corrected chi connectivity index (χ3v) is 12.5. The number of rotatable bonds is 18. The molecule has 0 bridgehead atoms. The van der Waals surface area contributed by atoms with Gasteiger partial charge in [0.05, 0.1) is 34.6 Å². The van der Waals surface area contributed by atoms with E-state index >= 15 is 0 Å².